The molecule has 1 spiro atoms. The van der Waals surface area contributed by atoms with Crippen molar-refractivity contribution < 1.29 is 4.79 Å². The average molecular weight is 252 g/mol. The van der Waals surface area contributed by atoms with Crippen molar-refractivity contribution in [1.29, 1.82) is 0 Å². The van der Waals surface area contributed by atoms with Gasteiger partial charge in [-0.25, -0.2) is 0 Å². The maximum absolute atomic E-state index is 12.7. The van der Waals surface area contributed by atoms with Gasteiger partial charge in [0.1, 0.15) is 5.78 Å². The van der Waals surface area contributed by atoms with Crippen LogP contribution in [-0.4, -0.2) is 5.78 Å². The number of fused-ring (bicyclic) bond motifs is 5. The number of Topliss-reactive ketones (excluding diaryl/α,β-unsaturated/α-hetero) is 1. The van der Waals surface area contributed by atoms with Crippen molar-refractivity contribution in [1.82, 2.24) is 0 Å². The zero-order valence-electron chi connectivity index (χ0n) is 11.5. The number of rotatable bonds is 1. The highest BCUT2D eigenvalue weighted by Gasteiger charge is 2.55. The van der Waals surface area contributed by atoms with E-state index in [-0.39, 0.29) is 5.41 Å². The lowest BCUT2D eigenvalue weighted by Crippen LogP contribution is -2.43. The molecule has 0 aromatic heterocycles. The standard InChI is InChI=1S/C18H20O/c1-2-12-4-7-16-14(9-12)5-8-17(19)18(16)11-13-3-6-15(18)10-13/h3-4,6-7,9,13,15H,2,5,8,10-11H2,1H3. The van der Waals surface area contributed by atoms with Crippen molar-refractivity contribution in [3.8, 4) is 0 Å². The maximum Gasteiger partial charge on any atom is 0.144 e. The van der Waals surface area contributed by atoms with Crippen LogP contribution in [0.2, 0.25) is 0 Å². The van der Waals surface area contributed by atoms with Crippen molar-refractivity contribution in [2.24, 2.45) is 11.8 Å². The van der Waals surface area contributed by atoms with E-state index in [9.17, 15) is 4.79 Å². The smallest absolute Gasteiger partial charge is 0.144 e. The van der Waals surface area contributed by atoms with E-state index < -0.39 is 0 Å². The second kappa shape index (κ2) is 3.82. The molecular formula is C18H20O. The summed E-state index contributed by atoms with van der Waals surface area (Å²) in [6, 6.07) is 6.84. The van der Waals surface area contributed by atoms with Gasteiger partial charge in [0, 0.05) is 6.42 Å². The molecule has 1 fully saturated rings. The minimum Gasteiger partial charge on any atom is -0.299 e. The van der Waals surface area contributed by atoms with Crippen molar-refractivity contribution in [2.45, 2.75) is 44.4 Å². The van der Waals surface area contributed by atoms with E-state index in [0.717, 1.165) is 25.7 Å². The fraction of sp³-hybridized carbons (Fsp3) is 0.500. The number of ketones is 1. The van der Waals surface area contributed by atoms with Crippen LogP contribution in [0.5, 0.6) is 0 Å². The van der Waals surface area contributed by atoms with Gasteiger partial charge in [-0.2, -0.15) is 0 Å². The monoisotopic (exact) mass is 252 g/mol. The minimum atomic E-state index is -0.154. The zero-order chi connectivity index (χ0) is 13.0. The van der Waals surface area contributed by atoms with Crippen molar-refractivity contribution in [2.75, 3.05) is 0 Å². The third-order valence-corrected chi connectivity index (χ3v) is 5.57. The summed E-state index contributed by atoms with van der Waals surface area (Å²) in [5, 5.41) is 0. The van der Waals surface area contributed by atoms with Crippen LogP contribution in [0.25, 0.3) is 0 Å². The lowest BCUT2D eigenvalue weighted by atomic mass is 9.62. The predicted molar refractivity (Wildman–Crippen MR) is 76.2 cm³/mol. The van der Waals surface area contributed by atoms with E-state index in [2.05, 4.69) is 37.3 Å². The molecule has 3 atom stereocenters. The molecule has 2 bridgehead atoms. The molecule has 0 aliphatic heterocycles. The summed E-state index contributed by atoms with van der Waals surface area (Å²) in [4.78, 5) is 12.7. The van der Waals surface area contributed by atoms with Crippen LogP contribution < -0.4 is 0 Å². The van der Waals surface area contributed by atoms with Gasteiger partial charge >= 0.3 is 0 Å². The molecule has 0 N–H and O–H groups in total. The molecule has 1 aromatic rings. The summed E-state index contributed by atoms with van der Waals surface area (Å²) in [6.07, 6.45) is 9.68. The first kappa shape index (κ1) is 11.5. The summed E-state index contributed by atoms with van der Waals surface area (Å²) in [5.41, 5.74) is 4.05. The Morgan fingerprint density at radius 1 is 1.26 bits per heavy atom. The van der Waals surface area contributed by atoms with Gasteiger partial charge in [-0.3, -0.25) is 4.79 Å². The first-order chi connectivity index (χ1) is 9.24. The van der Waals surface area contributed by atoms with Crippen molar-refractivity contribution in [3.63, 3.8) is 0 Å². The lowest BCUT2D eigenvalue weighted by molar-refractivity contribution is -0.126. The van der Waals surface area contributed by atoms with E-state index in [4.69, 9.17) is 0 Å². The molecule has 1 nitrogen and oxygen atoms in total. The van der Waals surface area contributed by atoms with Gasteiger partial charge in [0.25, 0.3) is 0 Å². The quantitative estimate of drug-likeness (QED) is 0.698. The summed E-state index contributed by atoms with van der Waals surface area (Å²) in [5.74, 6) is 1.61. The average Bonchev–Trinajstić information content (AvgIpc) is 3.04. The summed E-state index contributed by atoms with van der Waals surface area (Å²) < 4.78 is 0. The Morgan fingerprint density at radius 3 is 2.84 bits per heavy atom. The first-order valence-corrected chi connectivity index (χ1v) is 7.58. The predicted octanol–water partition coefficient (Wildman–Crippen LogP) is 3.60. The molecule has 3 aliphatic carbocycles. The number of carbonyl (C=O) groups is 1. The first-order valence-electron chi connectivity index (χ1n) is 7.58. The van der Waals surface area contributed by atoms with Crippen LogP contribution in [0.3, 0.4) is 0 Å². The molecular weight excluding hydrogens is 232 g/mol. The van der Waals surface area contributed by atoms with Crippen molar-refractivity contribution in [3.05, 3.63) is 47.0 Å². The zero-order valence-corrected chi connectivity index (χ0v) is 11.5. The molecule has 1 heteroatoms. The molecule has 19 heavy (non-hydrogen) atoms. The molecule has 3 aliphatic rings. The Bertz CT molecular complexity index is 583. The fourth-order valence-electron chi connectivity index (χ4n) is 4.62. The van der Waals surface area contributed by atoms with Crippen LogP contribution in [-0.2, 0) is 23.1 Å². The highest BCUT2D eigenvalue weighted by atomic mass is 16.1. The molecule has 1 aromatic carbocycles. The number of benzene rings is 1. The maximum atomic E-state index is 12.7. The third kappa shape index (κ3) is 1.39. The molecule has 0 saturated heterocycles. The molecule has 3 unspecified atom stereocenters. The molecule has 98 valence electrons. The number of hydrogen-bond acceptors (Lipinski definition) is 1. The number of allylic oxidation sites excluding steroid dienone is 2. The minimum absolute atomic E-state index is 0.154. The molecule has 1 saturated carbocycles. The molecule has 0 radical (unpaired) electrons. The molecule has 4 rings (SSSR count). The van der Waals surface area contributed by atoms with E-state index >= 15 is 0 Å². The Labute approximate surface area is 114 Å². The van der Waals surface area contributed by atoms with Crippen LogP contribution >= 0.6 is 0 Å². The highest BCUT2D eigenvalue weighted by Crippen LogP contribution is 2.56. The van der Waals surface area contributed by atoms with Crippen molar-refractivity contribution >= 4 is 5.78 Å². The van der Waals surface area contributed by atoms with Gasteiger partial charge in [-0.1, -0.05) is 37.3 Å². The second-order valence-electron chi connectivity index (χ2n) is 6.43. The normalized spacial score (nSPS) is 35.1. The third-order valence-electron chi connectivity index (χ3n) is 5.57. The summed E-state index contributed by atoms with van der Waals surface area (Å²) in [6.45, 7) is 2.20. The number of aryl methyl sites for hydroxylation is 2. The van der Waals surface area contributed by atoms with E-state index in [1.165, 1.54) is 23.1 Å². The second-order valence-corrected chi connectivity index (χ2v) is 6.43. The van der Waals surface area contributed by atoms with Crippen LogP contribution in [0, 0.1) is 11.8 Å². The molecule has 0 heterocycles. The van der Waals surface area contributed by atoms with E-state index in [1.807, 2.05) is 0 Å². The molecule has 0 amide bonds. The Kier molecular flexibility index (Phi) is 2.30. The Balaban J connectivity index is 1.89. The highest BCUT2D eigenvalue weighted by molar-refractivity contribution is 5.94. The van der Waals surface area contributed by atoms with Gasteiger partial charge < -0.3 is 0 Å². The van der Waals surface area contributed by atoms with E-state index in [1.54, 1.807) is 0 Å². The van der Waals surface area contributed by atoms with Gasteiger partial charge in [0.15, 0.2) is 0 Å². The fourth-order valence-corrected chi connectivity index (χ4v) is 4.62. The van der Waals surface area contributed by atoms with Crippen LogP contribution in [0.15, 0.2) is 30.4 Å². The van der Waals surface area contributed by atoms with E-state index in [0.29, 0.717) is 17.6 Å². The van der Waals surface area contributed by atoms with Gasteiger partial charge in [-0.15, -0.1) is 0 Å². The Hall–Kier alpha value is -1.37. The Morgan fingerprint density at radius 2 is 2.16 bits per heavy atom. The van der Waals surface area contributed by atoms with Gasteiger partial charge in [-0.05, 0) is 54.2 Å². The summed E-state index contributed by atoms with van der Waals surface area (Å²) >= 11 is 0. The lowest BCUT2D eigenvalue weighted by Gasteiger charge is -2.39. The number of hydrogen-bond donors (Lipinski definition) is 0. The largest absolute Gasteiger partial charge is 0.299 e. The number of carbonyl (C=O) groups excluding carboxylic acids is 1. The SMILES string of the molecule is CCc1ccc2c(c1)CCC(=O)C21CC2C=CC1C2. The van der Waals surface area contributed by atoms with Crippen LogP contribution in [0.1, 0.15) is 42.9 Å². The van der Waals surface area contributed by atoms with Gasteiger partial charge in [0.05, 0.1) is 5.41 Å². The van der Waals surface area contributed by atoms with Crippen LogP contribution in [0.4, 0.5) is 0 Å². The topological polar surface area (TPSA) is 17.1 Å². The van der Waals surface area contributed by atoms with Gasteiger partial charge in [0.2, 0.25) is 0 Å². The summed E-state index contributed by atoms with van der Waals surface area (Å²) in [7, 11) is 0.